The molecule has 0 fully saturated rings. The quantitative estimate of drug-likeness (QED) is 0.527. The van der Waals surface area contributed by atoms with Gasteiger partial charge in [0.25, 0.3) is 0 Å². The molecule has 0 aliphatic heterocycles. The summed E-state index contributed by atoms with van der Waals surface area (Å²) in [7, 11) is 0. The van der Waals surface area contributed by atoms with Gasteiger partial charge in [0.2, 0.25) is 5.91 Å². The largest absolute Gasteiger partial charge is 0.325 e. The van der Waals surface area contributed by atoms with Gasteiger partial charge in [-0.1, -0.05) is 48.5 Å². The molecule has 1 atom stereocenters. The smallest absolute Gasteiger partial charge is 0.323 e. The molecule has 0 bridgehead atoms. The number of hydrogen-bond donors (Lipinski definition) is 3. The molecule has 30 heavy (non-hydrogen) atoms. The molecule has 1 unspecified atom stereocenters. The second-order valence-electron chi connectivity index (χ2n) is 7.61. The predicted molar refractivity (Wildman–Crippen MR) is 121 cm³/mol. The normalized spacial score (nSPS) is 15.0. The van der Waals surface area contributed by atoms with Gasteiger partial charge in [-0.25, -0.2) is 4.79 Å². The van der Waals surface area contributed by atoms with Crippen LogP contribution in [0.2, 0.25) is 0 Å². The summed E-state index contributed by atoms with van der Waals surface area (Å²) >= 11 is 0. The molecule has 0 heterocycles. The van der Waals surface area contributed by atoms with Crippen molar-refractivity contribution in [1.29, 1.82) is 0 Å². The van der Waals surface area contributed by atoms with Crippen LogP contribution in [0.5, 0.6) is 0 Å². The van der Waals surface area contributed by atoms with E-state index in [0.29, 0.717) is 17.1 Å². The fourth-order valence-electron chi connectivity index (χ4n) is 3.90. The van der Waals surface area contributed by atoms with Crippen molar-refractivity contribution in [2.75, 3.05) is 16.0 Å². The first-order valence-electron chi connectivity index (χ1n) is 10.2. The Morgan fingerprint density at radius 2 is 1.57 bits per heavy atom. The maximum atomic E-state index is 13.0. The summed E-state index contributed by atoms with van der Waals surface area (Å²) in [4.78, 5) is 25.3. The summed E-state index contributed by atoms with van der Waals surface area (Å²) in [5.74, 6) is -0.150. The van der Waals surface area contributed by atoms with Gasteiger partial charge in [0.15, 0.2) is 0 Å². The molecule has 152 valence electrons. The zero-order chi connectivity index (χ0) is 20.9. The topological polar surface area (TPSA) is 70.2 Å². The highest BCUT2D eigenvalue weighted by atomic mass is 16.2. The second kappa shape index (κ2) is 8.82. The molecule has 0 saturated carbocycles. The van der Waals surface area contributed by atoms with Crippen LogP contribution in [0.4, 0.5) is 21.9 Å². The van der Waals surface area contributed by atoms with Crippen LogP contribution >= 0.6 is 0 Å². The Morgan fingerprint density at radius 3 is 2.40 bits per heavy atom. The van der Waals surface area contributed by atoms with E-state index in [2.05, 4.69) is 28.1 Å². The lowest BCUT2D eigenvalue weighted by molar-refractivity contribution is -0.117. The molecule has 0 spiro atoms. The van der Waals surface area contributed by atoms with Crippen molar-refractivity contribution >= 4 is 29.0 Å². The van der Waals surface area contributed by atoms with Crippen molar-refractivity contribution in [2.24, 2.45) is 0 Å². The minimum Gasteiger partial charge on any atom is -0.325 e. The Balaban J connectivity index is 1.46. The summed E-state index contributed by atoms with van der Waals surface area (Å²) in [5.41, 5.74) is 5.37. The van der Waals surface area contributed by atoms with E-state index in [-0.39, 0.29) is 17.9 Å². The summed E-state index contributed by atoms with van der Waals surface area (Å²) in [5, 5.41) is 8.69. The second-order valence-corrected chi connectivity index (χ2v) is 7.61. The number of aryl methyl sites for hydroxylation is 2. The first kappa shape index (κ1) is 19.7. The molecule has 0 saturated heterocycles. The van der Waals surface area contributed by atoms with Crippen LogP contribution in [0.3, 0.4) is 0 Å². The third kappa shape index (κ3) is 4.51. The molecular weight excluding hydrogens is 374 g/mol. The van der Waals surface area contributed by atoms with Crippen molar-refractivity contribution in [3.8, 4) is 0 Å². The van der Waals surface area contributed by atoms with Crippen LogP contribution in [-0.4, -0.2) is 11.9 Å². The summed E-state index contributed by atoms with van der Waals surface area (Å²) in [6, 6.07) is 22.6. The first-order chi connectivity index (χ1) is 14.6. The lowest BCUT2D eigenvalue weighted by atomic mass is 9.82. The highest BCUT2D eigenvalue weighted by molar-refractivity contribution is 6.01. The van der Waals surface area contributed by atoms with E-state index in [1.165, 1.54) is 5.56 Å². The van der Waals surface area contributed by atoms with E-state index in [9.17, 15) is 9.59 Å². The first-order valence-corrected chi connectivity index (χ1v) is 10.2. The van der Waals surface area contributed by atoms with Gasteiger partial charge in [0.1, 0.15) is 0 Å². The van der Waals surface area contributed by atoms with E-state index in [1.54, 1.807) is 6.07 Å². The van der Waals surface area contributed by atoms with Crippen LogP contribution in [-0.2, 0) is 11.2 Å². The number of benzene rings is 3. The Hall–Kier alpha value is -3.60. The lowest BCUT2D eigenvalue weighted by Gasteiger charge is -2.25. The summed E-state index contributed by atoms with van der Waals surface area (Å²) < 4.78 is 0. The van der Waals surface area contributed by atoms with Gasteiger partial charge in [-0.3, -0.25) is 4.79 Å². The van der Waals surface area contributed by atoms with Gasteiger partial charge in [0.05, 0.1) is 5.92 Å². The average Bonchev–Trinajstić information content (AvgIpc) is 2.76. The summed E-state index contributed by atoms with van der Waals surface area (Å²) in [6.07, 6.45) is 2.88. The van der Waals surface area contributed by atoms with Crippen LogP contribution < -0.4 is 16.0 Å². The highest BCUT2D eigenvalue weighted by Gasteiger charge is 2.26. The Kier molecular flexibility index (Phi) is 5.80. The number of rotatable bonds is 4. The molecule has 0 radical (unpaired) electrons. The molecule has 5 heteroatoms. The van der Waals surface area contributed by atoms with Crippen LogP contribution in [0.25, 0.3) is 0 Å². The van der Waals surface area contributed by atoms with Crippen LogP contribution in [0.15, 0.2) is 72.8 Å². The standard InChI is InChI=1S/C25H25N3O2/c1-17-14-15-20(27-25(30)26-19-10-3-2-4-11-19)16-23(17)28-24(29)22-13-7-9-18-8-5-6-12-21(18)22/h2-6,8,10-12,14-16,22H,7,9,13H2,1H3,(H,28,29)(H2,26,27,30). The number of carbonyl (C=O) groups excluding carboxylic acids is 2. The molecule has 3 aromatic carbocycles. The Morgan fingerprint density at radius 1 is 0.833 bits per heavy atom. The predicted octanol–water partition coefficient (Wildman–Crippen LogP) is 5.70. The number of hydrogen-bond acceptors (Lipinski definition) is 2. The number of anilines is 3. The third-order valence-electron chi connectivity index (χ3n) is 5.47. The Bertz CT molecular complexity index is 1060. The molecule has 3 aromatic rings. The van der Waals surface area contributed by atoms with Gasteiger partial charge in [0, 0.05) is 17.1 Å². The van der Waals surface area contributed by atoms with Crippen molar-refractivity contribution in [3.63, 3.8) is 0 Å². The number of fused-ring (bicyclic) bond motifs is 1. The zero-order valence-corrected chi connectivity index (χ0v) is 16.9. The number of urea groups is 1. The number of amides is 3. The van der Waals surface area contributed by atoms with Crippen molar-refractivity contribution in [1.82, 2.24) is 0 Å². The maximum Gasteiger partial charge on any atom is 0.323 e. The van der Waals surface area contributed by atoms with E-state index in [1.807, 2.05) is 61.5 Å². The van der Waals surface area contributed by atoms with E-state index < -0.39 is 0 Å². The maximum absolute atomic E-state index is 13.0. The van der Waals surface area contributed by atoms with Gasteiger partial charge >= 0.3 is 6.03 Å². The third-order valence-corrected chi connectivity index (χ3v) is 5.47. The fraction of sp³-hybridized carbons (Fsp3) is 0.200. The molecule has 3 amide bonds. The Labute approximate surface area is 176 Å². The molecule has 5 nitrogen and oxygen atoms in total. The molecule has 0 aromatic heterocycles. The van der Waals surface area contributed by atoms with Crippen LogP contribution in [0.1, 0.15) is 35.4 Å². The molecule has 3 N–H and O–H groups in total. The van der Waals surface area contributed by atoms with Gasteiger partial charge in [-0.2, -0.15) is 0 Å². The van der Waals surface area contributed by atoms with Gasteiger partial charge in [-0.05, 0) is 67.1 Å². The number of carbonyl (C=O) groups is 2. The lowest BCUT2D eigenvalue weighted by Crippen LogP contribution is -2.25. The van der Waals surface area contributed by atoms with E-state index in [4.69, 9.17) is 0 Å². The zero-order valence-electron chi connectivity index (χ0n) is 16.9. The molecule has 1 aliphatic rings. The average molecular weight is 399 g/mol. The minimum absolute atomic E-state index is 0.00358. The fourth-order valence-corrected chi connectivity index (χ4v) is 3.90. The highest BCUT2D eigenvalue weighted by Crippen LogP contribution is 2.33. The van der Waals surface area contributed by atoms with Crippen molar-refractivity contribution in [3.05, 3.63) is 89.5 Å². The van der Waals surface area contributed by atoms with E-state index >= 15 is 0 Å². The molecular formula is C25H25N3O2. The summed E-state index contributed by atoms with van der Waals surface area (Å²) in [6.45, 7) is 1.94. The van der Waals surface area contributed by atoms with E-state index in [0.717, 1.165) is 30.4 Å². The minimum atomic E-state index is -0.330. The molecule has 4 rings (SSSR count). The van der Waals surface area contributed by atoms with Crippen LogP contribution in [0, 0.1) is 6.92 Å². The monoisotopic (exact) mass is 399 g/mol. The number of para-hydroxylation sites is 1. The van der Waals surface area contributed by atoms with Crippen molar-refractivity contribution < 1.29 is 9.59 Å². The van der Waals surface area contributed by atoms with Gasteiger partial charge < -0.3 is 16.0 Å². The SMILES string of the molecule is Cc1ccc(NC(=O)Nc2ccccc2)cc1NC(=O)C1CCCc2ccccc21. The number of nitrogens with one attached hydrogen (secondary N) is 3. The van der Waals surface area contributed by atoms with Crippen molar-refractivity contribution in [2.45, 2.75) is 32.1 Å². The van der Waals surface area contributed by atoms with Gasteiger partial charge in [-0.15, -0.1) is 0 Å². The molecule has 1 aliphatic carbocycles.